The zero-order chi connectivity index (χ0) is 15.6. The number of hydrogen-bond acceptors (Lipinski definition) is 4. The Hall–Kier alpha value is -0.440. The van der Waals surface area contributed by atoms with Crippen molar-refractivity contribution in [2.24, 2.45) is 5.73 Å². The molecule has 8 heteroatoms. The summed E-state index contributed by atoms with van der Waals surface area (Å²) in [6.45, 7) is 2.06. The molecule has 0 aliphatic heterocycles. The Morgan fingerprint density at radius 1 is 1.43 bits per heavy atom. The maximum atomic E-state index is 12.5. The predicted octanol–water partition coefficient (Wildman–Crippen LogP) is 3.66. The standard InChI is InChI=1S/C13H14BrClN2O2S2/c1-8(10-4-2-3-5-11(10)15)17-21(18,19)12-6-9(7-16)20-13(12)14/h2-6,8,17H,7,16H2,1H3. The molecular formula is C13H14BrClN2O2S2. The van der Waals surface area contributed by atoms with Crippen LogP contribution in [0.3, 0.4) is 0 Å². The van der Waals surface area contributed by atoms with E-state index < -0.39 is 16.1 Å². The molecule has 0 saturated carbocycles. The van der Waals surface area contributed by atoms with Crippen LogP contribution in [0.25, 0.3) is 0 Å². The molecule has 4 nitrogen and oxygen atoms in total. The van der Waals surface area contributed by atoms with Gasteiger partial charge in [-0.15, -0.1) is 11.3 Å². The summed E-state index contributed by atoms with van der Waals surface area (Å²) in [6, 6.07) is 8.29. The van der Waals surface area contributed by atoms with Crippen molar-refractivity contribution >= 4 is 48.9 Å². The minimum absolute atomic E-state index is 0.201. The number of benzene rings is 1. The first kappa shape index (κ1) is 16.9. The summed E-state index contributed by atoms with van der Waals surface area (Å²) < 4.78 is 28.1. The van der Waals surface area contributed by atoms with E-state index in [1.807, 2.05) is 6.07 Å². The average molecular weight is 410 g/mol. The number of sulfonamides is 1. The Morgan fingerprint density at radius 3 is 2.67 bits per heavy atom. The van der Waals surface area contributed by atoms with Gasteiger partial charge in [0, 0.05) is 22.5 Å². The van der Waals surface area contributed by atoms with Gasteiger partial charge in [0.25, 0.3) is 0 Å². The lowest BCUT2D eigenvalue weighted by Gasteiger charge is -2.15. The Kier molecular flexibility index (Phi) is 5.45. The van der Waals surface area contributed by atoms with Crippen LogP contribution in [-0.4, -0.2) is 8.42 Å². The smallest absolute Gasteiger partial charge is 0.243 e. The summed E-state index contributed by atoms with van der Waals surface area (Å²) in [5, 5.41) is 0.528. The quantitative estimate of drug-likeness (QED) is 0.791. The maximum Gasteiger partial charge on any atom is 0.243 e. The van der Waals surface area contributed by atoms with Crippen LogP contribution in [0.1, 0.15) is 23.4 Å². The van der Waals surface area contributed by atoms with Crippen molar-refractivity contribution in [2.75, 3.05) is 0 Å². The van der Waals surface area contributed by atoms with E-state index in [1.165, 1.54) is 11.3 Å². The second kappa shape index (κ2) is 6.76. The third kappa shape index (κ3) is 3.85. The molecule has 2 rings (SSSR count). The minimum atomic E-state index is -3.65. The zero-order valence-electron chi connectivity index (χ0n) is 11.1. The van der Waals surface area contributed by atoms with Crippen molar-refractivity contribution in [1.82, 2.24) is 4.72 Å². The Morgan fingerprint density at radius 2 is 2.10 bits per heavy atom. The van der Waals surface area contributed by atoms with Crippen LogP contribution in [0.15, 0.2) is 39.0 Å². The molecule has 0 aliphatic rings. The number of rotatable bonds is 5. The molecular weight excluding hydrogens is 396 g/mol. The Labute approximate surface area is 141 Å². The van der Waals surface area contributed by atoms with E-state index in [4.69, 9.17) is 17.3 Å². The molecule has 3 N–H and O–H groups in total. The average Bonchev–Trinajstić information content (AvgIpc) is 2.81. The molecule has 0 radical (unpaired) electrons. The highest BCUT2D eigenvalue weighted by Gasteiger charge is 2.24. The van der Waals surface area contributed by atoms with Crippen LogP contribution in [0.4, 0.5) is 0 Å². The number of hydrogen-bond donors (Lipinski definition) is 2. The zero-order valence-corrected chi connectivity index (χ0v) is 15.1. The highest BCUT2D eigenvalue weighted by Crippen LogP contribution is 2.32. The van der Waals surface area contributed by atoms with Gasteiger partial charge in [0.2, 0.25) is 10.0 Å². The third-order valence-corrected chi connectivity index (χ3v) is 7.06. The molecule has 2 aromatic rings. The molecule has 21 heavy (non-hydrogen) atoms. The fraction of sp³-hybridized carbons (Fsp3) is 0.231. The van der Waals surface area contributed by atoms with Gasteiger partial charge in [-0.05, 0) is 40.5 Å². The van der Waals surface area contributed by atoms with E-state index in [0.29, 0.717) is 15.4 Å². The van der Waals surface area contributed by atoms with Crippen LogP contribution in [0.2, 0.25) is 5.02 Å². The number of nitrogens with two attached hydrogens (primary N) is 1. The topological polar surface area (TPSA) is 72.2 Å². The van der Waals surface area contributed by atoms with Crippen molar-refractivity contribution in [3.63, 3.8) is 0 Å². The van der Waals surface area contributed by atoms with E-state index in [-0.39, 0.29) is 4.90 Å². The van der Waals surface area contributed by atoms with E-state index in [9.17, 15) is 8.42 Å². The summed E-state index contributed by atoms with van der Waals surface area (Å²) >= 11 is 10.7. The fourth-order valence-electron chi connectivity index (χ4n) is 1.87. The largest absolute Gasteiger partial charge is 0.326 e. The molecule has 0 spiro atoms. The van der Waals surface area contributed by atoms with Gasteiger partial charge in [0.1, 0.15) is 4.90 Å². The number of thiophene rings is 1. The first-order valence-electron chi connectivity index (χ1n) is 6.10. The lowest BCUT2D eigenvalue weighted by Crippen LogP contribution is -2.27. The molecule has 0 saturated heterocycles. The van der Waals surface area contributed by atoms with Gasteiger partial charge in [-0.1, -0.05) is 29.8 Å². The molecule has 114 valence electrons. The number of nitrogens with one attached hydrogen (secondary N) is 1. The van der Waals surface area contributed by atoms with Crippen LogP contribution < -0.4 is 10.5 Å². The van der Waals surface area contributed by atoms with Crippen LogP contribution in [0, 0.1) is 0 Å². The van der Waals surface area contributed by atoms with E-state index in [2.05, 4.69) is 20.7 Å². The van der Waals surface area contributed by atoms with Gasteiger partial charge in [-0.2, -0.15) is 0 Å². The molecule has 0 aliphatic carbocycles. The van der Waals surface area contributed by atoms with E-state index >= 15 is 0 Å². The Balaban J connectivity index is 2.29. The predicted molar refractivity (Wildman–Crippen MR) is 90.1 cm³/mol. The highest BCUT2D eigenvalue weighted by molar-refractivity contribution is 9.11. The van der Waals surface area contributed by atoms with Gasteiger partial charge in [-0.25, -0.2) is 13.1 Å². The lowest BCUT2D eigenvalue weighted by molar-refractivity contribution is 0.567. The van der Waals surface area contributed by atoms with E-state index in [0.717, 1.165) is 10.4 Å². The normalized spacial score (nSPS) is 13.3. The second-order valence-corrected chi connectivity index (χ2v) is 8.96. The molecule has 1 aromatic carbocycles. The van der Waals surface area contributed by atoms with Crippen molar-refractivity contribution in [2.45, 2.75) is 24.4 Å². The molecule has 1 atom stereocenters. The van der Waals surface area contributed by atoms with Crippen molar-refractivity contribution in [1.29, 1.82) is 0 Å². The van der Waals surface area contributed by atoms with Gasteiger partial charge in [-0.3, -0.25) is 0 Å². The first-order valence-corrected chi connectivity index (χ1v) is 9.57. The molecule has 0 bridgehead atoms. The van der Waals surface area contributed by atoms with Gasteiger partial charge in [0.05, 0.1) is 3.79 Å². The first-order chi connectivity index (χ1) is 9.85. The monoisotopic (exact) mass is 408 g/mol. The highest BCUT2D eigenvalue weighted by atomic mass is 79.9. The molecule has 1 aromatic heterocycles. The molecule has 0 amide bonds. The van der Waals surface area contributed by atoms with Crippen molar-refractivity contribution < 1.29 is 8.42 Å². The van der Waals surface area contributed by atoms with Crippen LogP contribution in [0.5, 0.6) is 0 Å². The lowest BCUT2D eigenvalue weighted by atomic mass is 10.1. The summed E-state index contributed by atoms with van der Waals surface area (Å²) in [6.07, 6.45) is 0. The molecule has 1 heterocycles. The number of halogens is 2. The third-order valence-electron chi connectivity index (χ3n) is 2.90. The Bertz CT molecular complexity index is 746. The summed E-state index contributed by atoms with van der Waals surface area (Å²) in [5.74, 6) is 0. The van der Waals surface area contributed by atoms with Crippen molar-refractivity contribution in [3.8, 4) is 0 Å². The molecule has 0 fully saturated rings. The fourth-order valence-corrected chi connectivity index (χ4v) is 5.95. The van der Waals surface area contributed by atoms with Crippen molar-refractivity contribution in [3.05, 3.63) is 49.6 Å². The second-order valence-electron chi connectivity index (χ2n) is 4.42. The SMILES string of the molecule is CC(NS(=O)(=O)c1cc(CN)sc1Br)c1ccccc1Cl. The van der Waals surface area contributed by atoms with E-state index in [1.54, 1.807) is 31.2 Å². The van der Waals surface area contributed by atoms with Crippen LogP contribution >= 0.6 is 38.9 Å². The maximum absolute atomic E-state index is 12.5. The summed E-state index contributed by atoms with van der Waals surface area (Å²) in [7, 11) is -3.65. The van der Waals surface area contributed by atoms with Gasteiger partial charge in [0.15, 0.2) is 0 Å². The summed E-state index contributed by atoms with van der Waals surface area (Å²) in [4.78, 5) is 1.000. The van der Waals surface area contributed by atoms with Gasteiger partial charge >= 0.3 is 0 Å². The molecule has 1 unspecified atom stereocenters. The minimum Gasteiger partial charge on any atom is -0.326 e. The van der Waals surface area contributed by atoms with Crippen LogP contribution in [-0.2, 0) is 16.6 Å². The van der Waals surface area contributed by atoms with Gasteiger partial charge < -0.3 is 5.73 Å². The summed E-state index contributed by atoms with van der Waals surface area (Å²) in [5.41, 5.74) is 6.27.